The molecule has 1 aromatic carbocycles. The fraction of sp³-hybridized carbons (Fsp3) is 0.333. The quantitative estimate of drug-likeness (QED) is 0.865. The number of carbonyl (C=O) groups excluding carboxylic acids is 2. The van der Waals surface area contributed by atoms with Crippen molar-refractivity contribution in [2.75, 3.05) is 17.7 Å². The fourth-order valence-corrected chi connectivity index (χ4v) is 1.47. The van der Waals surface area contributed by atoms with Crippen molar-refractivity contribution in [2.24, 2.45) is 0 Å². The Morgan fingerprint density at radius 1 is 1.41 bits per heavy atom. The van der Waals surface area contributed by atoms with Gasteiger partial charge in [-0.15, -0.1) is 0 Å². The van der Waals surface area contributed by atoms with Crippen molar-refractivity contribution in [1.82, 2.24) is 4.90 Å². The van der Waals surface area contributed by atoms with Gasteiger partial charge in [0.05, 0.1) is 5.33 Å². The highest BCUT2D eigenvalue weighted by molar-refractivity contribution is 9.09. The lowest BCUT2D eigenvalue weighted by Crippen LogP contribution is -2.23. The molecule has 1 rings (SSSR count). The monoisotopic (exact) mass is 298 g/mol. The molecule has 2 amide bonds. The highest BCUT2D eigenvalue weighted by Gasteiger charge is 2.05. The smallest absolute Gasteiger partial charge is 0.235 e. The molecule has 1 N–H and O–H groups in total. The second kappa shape index (κ2) is 6.39. The minimum Gasteiger partial charge on any atom is -0.342 e. The number of benzene rings is 1. The molecule has 17 heavy (non-hydrogen) atoms. The molecule has 0 saturated carbocycles. The van der Waals surface area contributed by atoms with E-state index in [1.807, 2.05) is 24.3 Å². The maximum Gasteiger partial charge on any atom is 0.235 e. The zero-order valence-electron chi connectivity index (χ0n) is 9.87. The van der Waals surface area contributed by atoms with Crippen molar-refractivity contribution in [3.8, 4) is 0 Å². The largest absolute Gasteiger partial charge is 0.342 e. The zero-order chi connectivity index (χ0) is 12.8. The lowest BCUT2D eigenvalue weighted by atomic mass is 10.2. The molecule has 1 aromatic rings. The van der Waals surface area contributed by atoms with Gasteiger partial charge in [0.25, 0.3) is 0 Å². The van der Waals surface area contributed by atoms with Gasteiger partial charge < -0.3 is 10.2 Å². The van der Waals surface area contributed by atoms with Crippen LogP contribution in [0.25, 0.3) is 0 Å². The van der Waals surface area contributed by atoms with E-state index in [1.54, 1.807) is 11.9 Å². The van der Waals surface area contributed by atoms with Crippen LogP contribution in [0, 0.1) is 0 Å². The van der Waals surface area contributed by atoms with Gasteiger partial charge in [-0.3, -0.25) is 9.59 Å². The number of alkyl halides is 1. The summed E-state index contributed by atoms with van der Waals surface area (Å²) in [5.41, 5.74) is 1.72. The van der Waals surface area contributed by atoms with Gasteiger partial charge in [-0.2, -0.15) is 0 Å². The van der Waals surface area contributed by atoms with Crippen LogP contribution < -0.4 is 5.32 Å². The summed E-state index contributed by atoms with van der Waals surface area (Å²) < 4.78 is 0. The Morgan fingerprint density at radius 3 is 2.71 bits per heavy atom. The molecule has 0 bridgehead atoms. The van der Waals surface area contributed by atoms with Gasteiger partial charge in [-0.1, -0.05) is 28.1 Å². The van der Waals surface area contributed by atoms with Crippen molar-refractivity contribution in [1.29, 1.82) is 0 Å². The van der Waals surface area contributed by atoms with Crippen molar-refractivity contribution in [3.05, 3.63) is 29.8 Å². The minimum absolute atomic E-state index is 0.0138. The molecule has 92 valence electrons. The molecule has 0 radical (unpaired) electrons. The first-order valence-electron chi connectivity index (χ1n) is 5.19. The Morgan fingerprint density at radius 2 is 2.12 bits per heavy atom. The average molecular weight is 299 g/mol. The van der Waals surface area contributed by atoms with E-state index in [9.17, 15) is 9.59 Å². The van der Waals surface area contributed by atoms with E-state index < -0.39 is 0 Å². The predicted octanol–water partition coefficient (Wildman–Crippen LogP) is 2.00. The maximum absolute atomic E-state index is 11.2. The SMILES string of the molecule is CC(=O)N(C)Cc1cccc(NC(=O)CBr)c1. The topological polar surface area (TPSA) is 49.4 Å². The maximum atomic E-state index is 11.2. The first-order chi connectivity index (χ1) is 8.02. The van der Waals surface area contributed by atoms with Gasteiger partial charge >= 0.3 is 0 Å². The van der Waals surface area contributed by atoms with Gasteiger partial charge in [0, 0.05) is 26.2 Å². The molecule has 0 saturated heterocycles. The van der Waals surface area contributed by atoms with Gasteiger partial charge in [0.1, 0.15) is 0 Å². The predicted molar refractivity (Wildman–Crippen MR) is 71.0 cm³/mol. The summed E-state index contributed by atoms with van der Waals surface area (Å²) in [5.74, 6) is -0.0815. The third-order valence-corrected chi connectivity index (χ3v) is 2.80. The number of halogens is 1. The highest BCUT2D eigenvalue weighted by Crippen LogP contribution is 2.12. The summed E-state index contributed by atoms with van der Waals surface area (Å²) >= 11 is 3.09. The van der Waals surface area contributed by atoms with Crippen LogP contribution >= 0.6 is 15.9 Å². The molecular formula is C12H15BrN2O2. The average Bonchev–Trinajstić information content (AvgIpc) is 2.29. The molecule has 0 heterocycles. The van der Waals surface area contributed by atoms with Crippen LogP contribution in [0.2, 0.25) is 0 Å². The third kappa shape index (κ3) is 4.56. The zero-order valence-corrected chi connectivity index (χ0v) is 11.5. The molecule has 0 spiro atoms. The molecule has 0 atom stereocenters. The summed E-state index contributed by atoms with van der Waals surface area (Å²) in [6.07, 6.45) is 0. The van der Waals surface area contributed by atoms with E-state index in [2.05, 4.69) is 21.2 Å². The van der Waals surface area contributed by atoms with Crippen LogP contribution in [0.15, 0.2) is 24.3 Å². The molecule has 0 fully saturated rings. The van der Waals surface area contributed by atoms with Crippen LogP contribution in [0.4, 0.5) is 5.69 Å². The van der Waals surface area contributed by atoms with E-state index in [0.717, 1.165) is 11.3 Å². The van der Waals surface area contributed by atoms with Gasteiger partial charge in [-0.25, -0.2) is 0 Å². The molecule has 0 aliphatic carbocycles. The Balaban J connectivity index is 2.72. The molecule has 0 unspecified atom stereocenters. The van der Waals surface area contributed by atoms with Gasteiger partial charge in [-0.05, 0) is 17.7 Å². The first-order valence-corrected chi connectivity index (χ1v) is 6.31. The van der Waals surface area contributed by atoms with Crippen molar-refractivity contribution >= 4 is 33.4 Å². The summed E-state index contributed by atoms with van der Waals surface area (Å²) in [5, 5.41) is 3.01. The molecule has 5 heteroatoms. The first kappa shape index (κ1) is 13.7. The Bertz CT molecular complexity index is 421. The minimum atomic E-state index is -0.0953. The highest BCUT2D eigenvalue weighted by atomic mass is 79.9. The number of nitrogens with one attached hydrogen (secondary N) is 1. The van der Waals surface area contributed by atoms with E-state index in [1.165, 1.54) is 6.92 Å². The van der Waals surface area contributed by atoms with Crippen LogP contribution in [-0.2, 0) is 16.1 Å². The van der Waals surface area contributed by atoms with E-state index in [4.69, 9.17) is 0 Å². The molecule has 0 aliphatic rings. The third-order valence-electron chi connectivity index (χ3n) is 2.29. The van der Waals surface area contributed by atoms with Gasteiger partial charge in [0.2, 0.25) is 11.8 Å². The van der Waals surface area contributed by atoms with Crippen molar-refractivity contribution in [2.45, 2.75) is 13.5 Å². The van der Waals surface area contributed by atoms with Gasteiger partial charge in [0.15, 0.2) is 0 Å². The summed E-state index contributed by atoms with van der Waals surface area (Å²) in [6, 6.07) is 7.45. The lowest BCUT2D eigenvalue weighted by molar-refractivity contribution is -0.128. The number of carbonyl (C=O) groups is 2. The van der Waals surface area contributed by atoms with Crippen LogP contribution in [-0.4, -0.2) is 29.1 Å². The Kier molecular flexibility index (Phi) is 5.15. The number of hydrogen-bond acceptors (Lipinski definition) is 2. The van der Waals surface area contributed by atoms with E-state index in [-0.39, 0.29) is 17.1 Å². The Labute approximate surface area is 109 Å². The Hall–Kier alpha value is -1.36. The normalized spacial score (nSPS) is 9.82. The summed E-state index contributed by atoms with van der Waals surface area (Å²) in [6.45, 7) is 2.06. The second-order valence-corrected chi connectivity index (χ2v) is 4.32. The van der Waals surface area contributed by atoms with Crippen molar-refractivity contribution in [3.63, 3.8) is 0 Å². The standard InChI is InChI=1S/C12H15BrN2O2/c1-9(16)15(2)8-10-4-3-5-11(6-10)14-12(17)7-13/h3-6H,7-8H2,1-2H3,(H,14,17). The van der Waals surface area contributed by atoms with Crippen LogP contribution in [0.1, 0.15) is 12.5 Å². The summed E-state index contributed by atoms with van der Waals surface area (Å²) in [7, 11) is 1.74. The lowest BCUT2D eigenvalue weighted by Gasteiger charge is -2.15. The number of anilines is 1. The molecule has 4 nitrogen and oxygen atoms in total. The summed E-state index contributed by atoms with van der Waals surface area (Å²) in [4.78, 5) is 23.9. The molecular weight excluding hydrogens is 284 g/mol. The molecule has 0 aromatic heterocycles. The fourth-order valence-electron chi connectivity index (χ4n) is 1.33. The number of amides is 2. The number of nitrogens with zero attached hydrogens (tertiary/aromatic N) is 1. The number of hydrogen-bond donors (Lipinski definition) is 1. The second-order valence-electron chi connectivity index (χ2n) is 3.76. The van der Waals surface area contributed by atoms with Crippen molar-refractivity contribution < 1.29 is 9.59 Å². The van der Waals surface area contributed by atoms with Crippen LogP contribution in [0.5, 0.6) is 0 Å². The number of rotatable bonds is 4. The van der Waals surface area contributed by atoms with E-state index >= 15 is 0 Å². The van der Waals surface area contributed by atoms with E-state index in [0.29, 0.717) is 6.54 Å². The molecule has 0 aliphatic heterocycles. The van der Waals surface area contributed by atoms with Crippen LogP contribution in [0.3, 0.4) is 0 Å².